The van der Waals surface area contributed by atoms with Gasteiger partial charge in [0.25, 0.3) is 0 Å². The van der Waals surface area contributed by atoms with E-state index in [4.69, 9.17) is 4.74 Å². The molecule has 2 nitrogen and oxygen atoms in total. The second kappa shape index (κ2) is 4.49. The molecule has 0 N–H and O–H groups in total. The standard InChI is InChI=1S/C16H31NO/c1-14(2,3)13-10-18-12-16(8-7-9-16)11-17(13)15(4,5)6/h13H,7-12H2,1-6H3. The summed E-state index contributed by atoms with van der Waals surface area (Å²) in [6.07, 6.45) is 4.11. The van der Waals surface area contributed by atoms with Crippen LogP contribution in [0.5, 0.6) is 0 Å². The van der Waals surface area contributed by atoms with Crippen molar-refractivity contribution in [3.63, 3.8) is 0 Å². The fourth-order valence-electron chi connectivity index (χ4n) is 3.40. The van der Waals surface area contributed by atoms with E-state index in [1.807, 2.05) is 0 Å². The Balaban J connectivity index is 2.24. The summed E-state index contributed by atoms with van der Waals surface area (Å²) in [6, 6.07) is 0.525. The lowest BCUT2D eigenvalue weighted by Crippen LogP contribution is -2.57. The number of nitrogens with zero attached hydrogens (tertiary/aromatic N) is 1. The van der Waals surface area contributed by atoms with Gasteiger partial charge >= 0.3 is 0 Å². The summed E-state index contributed by atoms with van der Waals surface area (Å²) >= 11 is 0. The molecule has 0 amide bonds. The monoisotopic (exact) mass is 253 g/mol. The van der Waals surface area contributed by atoms with Crippen molar-refractivity contribution in [2.45, 2.75) is 72.4 Å². The van der Waals surface area contributed by atoms with Crippen molar-refractivity contribution in [3.8, 4) is 0 Å². The quantitative estimate of drug-likeness (QED) is 0.652. The summed E-state index contributed by atoms with van der Waals surface area (Å²) in [4.78, 5) is 2.72. The van der Waals surface area contributed by atoms with Gasteiger partial charge in [-0.2, -0.15) is 0 Å². The van der Waals surface area contributed by atoms with E-state index in [1.54, 1.807) is 0 Å². The minimum Gasteiger partial charge on any atom is -0.379 e. The number of ether oxygens (including phenoxy) is 1. The smallest absolute Gasteiger partial charge is 0.0627 e. The molecule has 1 atom stereocenters. The third-order valence-corrected chi connectivity index (χ3v) is 4.84. The minimum atomic E-state index is 0.230. The van der Waals surface area contributed by atoms with Gasteiger partial charge in [-0.1, -0.05) is 27.2 Å². The van der Waals surface area contributed by atoms with Crippen molar-refractivity contribution < 1.29 is 4.74 Å². The van der Waals surface area contributed by atoms with Gasteiger partial charge in [0.1, 0.15) is 0 Å². The van der Waals surface area contributed by atoms with Crippen LogP contribution in [0, 0.1) is 10.8 Å². The molecule has 106 valence electrons. The van der Waals surface area contributed by atoms with E-state index >= 15 is 0 Å². The Hall–Kier alpha value is -0.0800. The SMILES string of the molecule is CC(C)(C)C1COCC2(CCC2)CN1C(C)(C)C. The second-order valence-corrected chi connectivity index (χ2v) is 8.55. The average Bonchev–Trinajstić information content (AvgIpc) is 2.33. The maximum Gasteiger partial charge on any atom is 0.0627 e. The third kappa shape index (κ3) is 2.75. The van der Waals surface area contributed by atoms with Gasteiger partial charge in [0.2, 0.25) is 0 Å². The topological polar surface area (TPSA) is 12.5 Å². The first-order chi connectivity index (χ1) is 8.14. The number of rotatable bonds is 0. The van der Waals surface area contributed by atoms with Gasteiger partial charge in [-0.15, -0.1) is 0 Å². The molecule has 0 aromatic rings. The molecule has 1 unspecified atom stereocenters. The van der Waals surface area contributed by atoms with Gasteiger partial charge in [-0.3, -0.25) is 4.90 Å². The van der Waals surface area contributed by atoms with E-state index in [9.17, 15) is 0 Å². The van der Waals surface area contributed by atoms with Crippen LogP contribution in [-0.4, -0.2) is 36.2 Å². The fraction of sp³-hybridized carbons (Fsp3) is 1.00. The van der Waals surface area contributed by atoms with Crippen molar-refractivity contribution in [1.29, 1.82) is 0 Å². The van der Waals surface area contributed by atoms with Gasteiger partial charge in [0.05, 0.1) is 13.2 Å². The maximum absolute atomic E-state index is 6.08. The predicted octanol–water partition coefficient (Wildman–Crippen LogP) is 3.70. The van der Waals surface area contributed by atoms with Gasteiger partial charge in [-0.05, 0) is 39.0 Å². The Kier molecular flexibility index (Phi) is 3.57. The molecule has 2 fully saturated rings. The highest BCUT2D eigenvalue weighted by Gasteiger charge is 2.47. The largest absolute Gasteiger partial charge is 0.379 e. The molecule has 1 saturated carbocycles. The molecule has 2 aliphatic rings. The van der Waals surface area contributed by atoms with E-state index in [0.29, 0.717) is 11.5 Å². The first-order valence-corrected chi connectivity index (χ1v) is 7.49. The van der Waals surface area contributed by atoms with Crippen LogP contribution in [0.4, 0.5) is 0 Å². The molecule has 0 aromatic heterocycles. The Labute approximate surface area is 113 Å². The van der Waals surface area contributed by atoms with E-state index < -0.39 is 0 Å². The minimum absolute atomic E-state index is 0.230. The first kappa shape index (κ1) is 14.3. The van der Waals surface area contributed by atoms with Gasteiger partial charge in [-0.25, -0.2) is 0 Å². The highest BCUT2D eigenvalue weighted by molar-refractivity contribution is 4.99. The maximum atomic E-state index is 6.08. The van der Waals surface area contributed by atoms with Crippen LogP contribution >= 0.6 is 0 Å². The molecule has 1 saturated heterocycles. The first-order valence-electron chi connectivity index (χ1n) is 7.49. The van der Waals surface area contributed by atoms with E-state index in [-0.39, 0.29) is 11.0 Å². The van der Waals surface area contributed by atoms with E-state index in [0.717, 1.165) is 13.2 Å². The zero-order chi connectivity index (χ0) is 13.6. The van der Waals surface area contributed by atoms with Crippen LogP contribution in [0.1, 0.15) is 60.8 Å². The summed E-state index contributed by atoms with van der Waals surface area (Å²) < 4.78 is 6.08. The predicted molar refractivity (Wildman–Crippen MR) is 76.8 cm³/mol. The molecule has 1 aliphatic heterocycles. The fourth-order valence-corrected chi connectivity index (χ4v) is 3.40. The number of hydrogen-bond acceptors (Lipinski definition) is 2. The summed E-state index contributed by atoms with van der Waals surface area (Å²) in [5.41, 5.74) is 0.976. The molecule has 0 bridgehead atoms. The second-order valence-electron chi connectivity index (χ2n) is 8.55. The van der Waals surface area contributed by atoms with E-state index in [1.165, 1.54) is 25.8 Å². The number of hydrogen-bond donors (Lipinski definition) is 0. The van der Waals surface area contributed by atoms with Gasteiger partial charge in [0, 0.05) is 23.5 Å². The molecule has 18 heavy (non-hydrogen) atoms. The molecule has 1 spiro atoms. The van der Waals surface area contributed by atoms with Crippen LogP contribution in [0.15, 0.2) is 0 Å². The molecule has 1 aliphatic carbocycles. The molecular weight excluding hydrogens is 222 g/mol. The summed E-state index contributed by atoms with van der Waals surface area (Å²) in [6.45, 7) is 17.2. The highest BCUT2D eigenvalue weighted by Crippen LogP contribution is 2.46. The summed E-state index contributed by atoms with van der Waals surface area (Å²) in [7, 11) is 0. The van der Waals surface area contributed by atoms with Crippen molar-refractivity contribution in [1.82, 2.24) is 4.90 Å². The Morgan fingerprint density at radius 2 is 1.67 bits per heavy atom. The van der Waals surface area contributed by atoms with Crippen molar-refractivity contribution >= 4 is 0 Å². The lowest BCUT2D eigenvalue weighted by molar-refractivity contribution is -0.0166. The highest BCUT2D eigenvalue weighted by atomic mass is 16.5. The molecule has 0 aromatic carbocycles. The van der Waals surface area contributed by atoms with Crippen molar-refractivity contribution in [3.05, 3.63) is 0 Å². The normalized spacial score (nSPS) is 30.0. The van der Waals surface area contributed by atoms with Crippen LogP contribution in [0.25, 0.3) is 0 Å². The van der Waals surface area contributed by atoms with E-state index in [2.05, 4.69) is 46.4 Å². The lowest BCUT2D eigenvalue weighted by atomic mass is 9.68. The zero-order valence-electron chi connectivity index (χ0n) is 13.2. The summed E-state index contributed by atoms with van der Waals surface area (Å²) in [5, 5.41) is 0. The Bertz CT molecular complexity index is 293. The molecule has 2 heteroatoms. The van der Waals surface area contributed by atoms with Crippen molar-refractivity contribution in [2.75, 3.05) is 19.8 Å². The zero-order valence-corrected chi connectivity index (χ0v) is 13.2. The van der Waals surface area contributed by atoms with Crippen LogP contribution in [0.3, 0.4) is 0 Å². The molecule has 0 radical (unpaired) electrons. The van der Waals surface area contributed by atoms with Crippen LogP contribution in [0.2, 0.25) is 0 Å². The Morgan fingerprint density at radius 3 is 2.06 bits per heavy atom. The van der Waals surface area contributed by atoms with Gasteiger partial charge < -0.3 is 4.74 Å². The van der Waals surface area contributed by atoms with Crippen molar-refractivity contribution in [2.24, 2.45) is 10.8 Å². The average molecular weight is 253 g/mol. The van der Waals surface area contributed by atoms with Crippen LogP contribution < -0.4 is 0 Å². The third-order valence-electron chi connectivity index (χ3n) is 4.84. The van der Waals surface area contributed by atoms with Gasteiger partial charge in [0.15, 0.2) is 0 Å². The molecular formula is C16H31NO. The summed E-state index contributed by atoms with van der Waals surface area (Å²) in [5.74, 6) is 0. The van der Waals surface area contributed by atoms with Crippen LogP contribution in [-0.2, 0) is 4.74 Å². The molecule has 2 rings (SSSR count). The lowest BCUT2D eigenvalue weighted by Gasteiger charge is -2.50. The molecule has 1 heterocycles. The Morgan fingerprint density at radius 1 is 1.06 bits per heavy atom.